The highest BCUT2D eigenvalue weighted by Crippen LogP contribution is 2.24. The third-order valence-electron chi connectivity index (χ3n) is 3.36. The van der Waals surface area contributed by atoms with E-state index in [0.717, 1.165) is 46.8 Å². The highest BCUT2D eigenvalue weighted by molar-refractivity contribution is 6.30. The van der Waals surface area contributed by atoms with Gasteiger partial charge in [-0.05, 0) is 51.5 Å². The fourth-order valence-electron chi connectivity index (χ4n) is 2.23. The molecule has 1 heterocycles. The Morgan fingerprint density at radius 1 is 1.10 bits per heavy atom. The van der Waals surface area contributed by atoms with Gasteiger partial charge in [-0.3, -0.25) is 0 Å². The van der Waals surface area contributed by atoms with Crippen LogP contribution in [0.4, 0.5) is 17.3 Å². The Labute approximate surface area is 131 Å². The Morgan fingerprint density at radius 2 is 1.81 bits per heavy atom. The largest absolute Gasteiger partial charge is 0.357 e. The molecule has 21 heavy (non-hydrogen) atoms. The van der Waals surface area contributed by atoms with Gasteiger partial charge in [0.1, 0.15) is 17.5 Å². The van der Waals surface area contributed by atoms with E-state index in [2.05, 4.69) is 34.0 Å². The highest BCUT2D eigenvalue weighted by Gasteiger charge is 2.08. The minimum Gasteiger partial charge on any atom is -0.357 e. The zero-order chi connectivity index (χ0) is 15.4. The summed E-state index contributed by atoms with van der Waals surface area (Å²) < 4.78 is 0. The highest BCUT2D eigenvalue weighted by atomic mass is 35.5. The lowest BCUT2D eigenvalue weighted by Crippen LogP contribution is -2.23. The molecule has 0 saturated heterocycles. The summed E-state index contributed by atoms with van der Waals surface area (Å²) in [7, 11) is 0. The second kappa shape index (κ2) is 6.76. The van der Waals surface area contributed by atoms with Gasteiger partial charge in [0, 0.05) is 29.9 Å². The van der Waals surface area contributed by atoms with Crippen LogP contribution in [0.5, 0.6) is 0 Å². The molecule has 1 N–H and O–H groups in total. The Kier molecular flexibility index (Phi) is 5.02. The van der Waals surface area contributed by atoms with E-state index in [1.807, 2.05) is 38.1 Å². The van der Waals surface area contributed by atoms with Gasteiger partial charge in [-0.25, -0.2) is 9.97 Å². The first-order valence-electron chi connectivity index (χ1n) is 7.17. The molecule has 0 fully saturated rings. The molecule has 0 aliphatic rings. The van der Waals surface area contributed by atoms with Gasteiger partial charge in [0.2, 0.25) is 0 Å². The number of nitrogens with one attached hydrogen (secondary N) is 1. The van der Waals surface area contributed by atoms with E-state index in [-0.39, 0.29) is 0 Å². The first kappa shape index (κ1) is 15.6. The van der Waals surface area contributed by atoms with Crippen LogP contribution in [0.3, 0.4) is 0 Å². The minimum atomic E-state index is 0.737. The van der Waals surface area contributed by atoms with E-state index >= 15 is 0 Å². The Hall–Kier alpha value is -1.81. The summed E-state index contributed by atoms with van der Waals surface area (Å²) >= 11 is 5.99. The lowest BCUT2D eigenvalue weighted by atomic mass is 10.2. The molecule has 0 saturated carbocycles. The van der Waals surface area contributed by atoms with Crippen LogP contribution in [0, 0.1) is 13.8 Å². The molecule has 0 bridgehead atoms. The van der Waals surface area contributed by atoms with Gasteiger partial charge in [0.05, 0.1) is 0 Å². The standard InChI is InChI=1S/C16H21ClN4/c1-5-21(6-2)16-10-15(18-12(4)19-16)20-14-8-7-13(17)9-11(14)3/h7-10H,5-6H2,1-4H3,(H,18,19,20). The number of aryl methyl sites for hydroxylation is 2. The van der Waals surface area contributed by atoms with Crippen molar-refractivity contribution in [3.8, 4) is 0 Å². The summed E-state index contributed by atoms with van der Waals surface area (Å²) in [5.74, 6) is 2.50. The molecule has 4 nitrogen and oxygen atoms in total. The first-order valence-corrected chi connectivity index (χ1v) is 7.55. The van der Waals surface area contributed by atoms with Crippen molar-refractivity contribution in [1.29, 1.82) is 0 Å². The number of aromatic nitrogens is 2. The summed E-state index contributed by atoms with van der Waals surface area (Å²) in [4.78, 5) is 11.2. The van der Waals surface area contributed by atoms with E-state index < -0.39 is 0 Å². The summed E-state index contributed by atoms with van der Waals surface area (Å²) in [6, 6.07) is 7.75. The molecular formula is C16H21ClN4. The van der Waals surface area contributed by atoms with Crippen LogP contribution in [-0.4, -0.2) is 23.1 Å². The number of rotatable bonds is 5. The molecule has 0 aliphatic heterocycles. The van der Waals surface area contributed by atoms with Crippen LogP contribution in [0.1, 0.15) is 25.2 Å². The molecular weight excluding hydrogens is 284 g/mol. The molecule has 0 atom stereocenters. The van der Waals surface area contributed by atoms with Crippen LogP contribution in [0.25, 0.3) is 0 Å². The van der Waals surface area contributed by atoms with Crippen molar-refractivity contribution < 1.29 is 0 Å². The normalized spacial score (nSPS) is 10.5. The molecule has 2 rings (SSSR count). The fraction of sp³-hybridized carbons (Fsp3) is 0.375. The maximum Gasteiger partial charge on any atom is 0.136 e. The van der Waals surface area contributed by atoms with Crippen molar-refractivity contribution in [2.24, 2.45) is 0 Å². The van der Waals surface area contributed by atoms with Gasteiger partial charge in [-0.2, -0.15) is 0 Å². The maximum atomic E-state index is 5.99. The van der Waals surface area contributed by atoms with Crippen LogP contribution in [0.15, 0.2) is 24.3 Å². The third kappa shape index (κ3) is 3.85. The number of hydrogen-bond donors (Lipinski definition) is 1. The molecule has 0 amide bonds. The van der Waals surface area contributed by atoms with Crippen molar-refractivity contribution in [3.05, 3.63) is 40.7 Å². The van der Waals surface area contributed by atoms with Gasteiger partial charge in [-0.15, -0.1) is 0 Å². The zero-order valence-corrected chi connectivity index (χ0v) is 13.7. The topological polar surface area (TPSA) is 41.0 Å². The number of halogens is 1. The average Bonchev–Trinajstić information content (AvgIpc) is 2.43. The van der Waals surface area contributed by atoms with Crippen LogP contribution in [0.2, 0.25) is 5.02 Å². The quantitative estimate of drug-likeness (QED) is 0.892. The third-order valence-corrected chi connectivity index (χ3v) is 3.60. The summed E-state index contributed by atoms with van der Waals surface area (Å²) in [5.41, 5.74) is 2.09. The van der Waals surface area contributed by atoms with Gasteiger partial charge >= 0.3 is 0 Å². The fourth-order valence-corrected chi connectivity index (χ4v) is 2.46. The molecule has 1 aromatic heterocycles. The van der Waals surface area contributed by atoms with Crippen molar-refractivity contribution in [2.45, 2.75) is 27.7 Å². The Balaban J connectivity index is 2.31. The van der Waals surface area contributed by atoms with E-state index in [9.17, 15) is 0 Å². The molecule has 2 aromatic rings. The summed E-state index contributed by atoms with van der Waals surface area (Å²) in [6.07, 6.45) is 0. The number of nitrogens with zero attached hydrogens (tertiary/aromatic N) is 3. The molecule has 0 aliphatic carbocycles. The van der Waals surface area contributed by atoms with E-state index in [1.54, 1.807) is 0 Å². The second-order valence-corrected chi connectivity index (χ2v) is 5.35. The summed E-state index contributed by atoms with van der Waals surface area (Å²) in [6.45, 7) is 10.0. The van der Waals surface area contributed by atoms with Gasteiger partial charge in [0.15, 0.2) is 0 Å². The van der Waals surface area contributed by atoms with E-state index in [4.69, 9.17) is 11.6 Å². The second-order valence-electron chi connectivity index (χ2n) is 4.92. The number of hydrogen-bond acceptors (Lipinski definition) is 4. The molecule has 0 spiro atoms. The van der Waals surface area contributed by atoms with E-state index in [1.165, 1.54) is 0 Å². The Morgan fingerprint density at radius 3 is 2.43 bits per heavy atom. The average molecular weight is 305 g/mol. The summed E-state index contributed by atoms with van der Waals surface area (Å²) in [5, 5.41) is 4.08. The van der Waals surface area contributed by atoms with Gasteiger partial charge in [-0.1, -0.05) is 11.6 Å². The Bertz CT molecular complexity index is 624. The number of anilines is 3. The van der Waals surface area contributed by atoms with Crippen LogP contribution >= 0.6 is 11.6 Å². The monoisotopic (exact) mass is 304 g/mol. The van der Waals surface area contributed by atoms with Gasteiger partial charge in [0.25, 0.3) is 0 Å². The van der Waals surface area contributed by atoms with Crippen molar-refractivity contribution >= 4 is 28.9 Å². The predicted molar refractivity (Wildman–Crippen MR) is 89.8 cm³/mol. The minimum absolute atomic E-state index is 0.737. The zero-order valence-electron chi connectivity index (χ0n) is 12.9. The maximum absolute atomic E-state index is 5.99. The van der Waals surface area contributed by atoms with E-state index in [0.29, 0.717) is 0 Å². The lowest BCUT2D eigenvalue weighted by Gasteiger charge is -2.21. The number of benzene rings is 1. The van der Waals surface area contributed by atoms with Crippen molar-refractivity contribution in [2.75, 3.05) is 23.3 Å². The van der Waals surface area contributed by atoms with Crippen molar-refractivity contribution in [1.82, 2.24) is 9.97 Å². The van der Waals surface area contributed by atoms with Crippen LogP contribution < -0.4 is 10.2 Å². The SMILES string of the molecule is CCN(CC)c1cc(Nc2ccc(Cl)cc2C)nc(C)n1. The van der Waals surface area contributed by atoms with Crippen LogP contribution in [-0.2, 0) is 0 Å². The molecule has 5 heteroatoms. The van der Waals surface area contributed by atoms with Crippen molar-refractivity contribution in [3.63, 3.8) is 0 Å². The first-order chi connectivity index (χ1) is 10.0. The predicted octanol–water partition coefficient (Wildman–Crippen LogP) is 4.34. The molecule has 0 unspecified atom stereocenters. The lowest BCUT2D eigenvalue weighted by molar-refractivity contribution is 0.835. The smallest absolute Gasteiger partial charge is 0.136 e. The molecule has 1 aromatic carbocycles. The molecule has 112 valence electrons. The van der Waals surface area contributed by atoms with Gasteiger partial charge < -0.3 is 10.2 Å². The molecule has 0 radical (unpaired) electrons.